The highest BCUT2D eigenvalue weighted by atomic mass is 19.2. The first kappa shape index (κ1) is 21.3. The fraction of sp³-hybridized carbons (Fsp3) is 0.611. The first-order chi connectivity index (χ1) is 11.8. The lowest BCUT2D eigenvalue weighted by Gasteiger charge is -2.17. The molecule has 1 rings (SSSR count). The van der Waals surface area contributed by atoms with Crippen LogP contribution >= 0.6 is 0 Å². The molecular weight excluding hydrogens is 340 g/mol. The monoisotopic (exact) mass is 364 g/mol. The molecule has 0 bridgehead atoms. The molecule has 0 fully saturated rings. The molecule has 7 heteroatoms. The van der Waals surface area contributed by atoms with Gasteiger partial charge >= 0.3 is 5.97 Å². The molecule has 0 heterocycles. The third-order valence-corrected chi connectivity index (χ3v) is 3.90. The molecule has 0 aromatic heterocycles. The Balaban J connectivity index is 2.90. The second-order valence-corrected chi connectivity index (χ2v) is 5.92. The maximum absolute atomic E-state index is 14.1. The number of halogens is 4. The van der Waals surface area contributed by atoms with Crippen LogP contribution in [0.15, 0.2) is 0 Å². The van der Waals surface area contributed by atoms with E-state index in [0.29, 0.717) is 6.42 Å². The molecule has 1 aromatic carbocycles. The Morgan fingerprint density at radius 2 is 1.60 bits per heavy atom. The van der Waals surface area contributed by atoms with E-state index in [0.717, 1.165) is 32.8 Å². The Hall–Kier alpha value is -1.79. The van der Waals surface area contributed by atoms with Crippen LogP contribution in [0.25, 0.3) is 0 Å². The summed E-state index contributed by atoms with van der Waals surface area (Å²) in [5, 5.41) is 0. The summed E-state index contributed by atoms with van der Waals surface area (Å²) in [6, 6.07) is 0. The van der Waals surface area contributed by atoms with Crippen LogP contribution in [0.1, 0.15) is 57.9 Å². The van der Waals surface area contributed by atoms with Crippen molar-refractivity contribution in [3.8, 4) is 5.75 Å². The molecule has 0 spiro atoms. The molecule has 0 aliphatic rings. The molecule has 0 saturated heterocycles. The van der Waals surface area contributed by atoms with Crippen LogP contribution in [0.4, 0.5) is 17.6 Å². The normalized spacial score (nSPS) is 12.1. The van der Waals surface area contributed by atoms with Gasteiger partial charge in [-0.05, 0) is 26.2 Å². The Morgan fingerprint density at radius 3 is 2.12 bits per heavy atom. The third-order valence-electron chi connectivity index (χ3n) is 3.90. The highest BCUT2D eigenvalue weighted by Gasteiger charge is 2.27. The maximum Gasteiger partial charge on any atom is 0.305 e. The molecule has 0 N–H and O–H groups in total. The predicted molar refractivity (Wildman–Crippen MR) is 85.5 cm³/mol. The quantitative estimate of drug-likeness (QED) is 0.251. The summed E-state index contributed by atoms with van der Waals surface area (Å²) in [7, 11) is 1.11. The van der Waals surface area contributed by atoms with Crippen molar-refractivity contribution < 1.29 is 31.8 Å². The van der Waals surface area contributed by atoms with E-state index in [1.165, 1.54) is 0 Å². The molecule has 0 amide bonds. The smallest absolute Gasteiger partial charge is 0.305 e. The molecule has 25 heavy (non-hydrogen) atoms. The standard InChI is InChI=1S/C18H24F4O3/c1-4-5-6-7-8-11(2)25-18-16(21)14(19)12(15(20)17(18)22)9-10-13(23)24-3/h11H,4-10H2,1-3H3. The van der Waals surface area contributed by atoms with Crippen LogP contribution in [0.3, 0.4) is 0 Å². The number of benzene rings is 1. The van der Waals surface area contributed by atoms with Gasteiger partial charge in [0, 0.05) is 12.0 Å². The second kappa shape index (κ2) is 10.3. The summed E-state index contributed by atoms with van der Waals surface area (Å²) >= 11 is 0. The molecule has 142 valence electrons. The zero-order chi connectivity index (χ0) is 19.0. The van der Waals surface area contributed by atoms with Gasteiger partial charge in [-0.3, -0.25) is 4.79 Å². The summed E-state index contributed by atoms with van der Waals surface area (Å²) in [6.07, 6.45) is 2.86. The van der Waals surface area contributed by atoms with Crippen molar-refractivity contribution in [3.63, 3.8) is 0 Å². The number of esters is 1. The van der Waals surface area contributed by atoms with Crippen LogP contribution in [0.2, 0.25) is 0 Å². The molecule has 0 radical (unpaired) electrons. The van der Waals surface area contributed by atoms with Crippen LogP contribution < -0.4 is 4.74 Å². The minimum absolute atomic E-state index is 0.392. The fourth-order valence-corrected chi connectivity index (χ4v) is 2.43. The van der Waals surface area contributed by atoms with Gasteiger partial charge in [0.1, 0.15) is 0 Å². The Kier molecular flexibility index (Phi) is 8.72. The molecule has 3 nitrogen and oxygen atoms in total. The van der Waals surface area contributed by atoms with Crippen molar-refractivity contribution >= 4 is 5.97 Å². The molecule has 1 atom stereocenters. The van der Waals surface area contributed by atoms with Crippen molar-refractivity contribution in [3.05, 3.63) is 28.8 Å². The number of carbonyl (C=O) groups is 1. The summed E-state index contributed by atoms with van der Waals surface area (Å²) < 4.78 is 65.7. The molecular formula is C18H24F4O3. The minimum atomic E-state index is -1.58. The molecule has 1 unspecified atom stereocenters. The summed E-state index contributed by atoms with van der Waals surface area (Å²) in [5.41, 5.74) is -0.830. The van der Waals surface area contributed by atoms with Gasteiger partial charge in [0.25, 0.3) is 0 Å². The Bertz CT molecular complexity index is 561. The van der Waals surface area contributed by atoms with E-state index in [1.807, 2.05) is 0 Å². The lowest BCUT2D eigenvalue weighted by molar-refractivity contribution is -0.140. The van der Waals surface area contributed by atoms with Crippen LogP contribution in [-0.2, 0) is 16.0 Å². The maximum atomic E-state index is 14.1. The number of carbonyl (C=O) groups excluding carboxylic acids is 1. The lowest BCUT2D eigenvalue weighted by Crippen LogP contribution is -2.16. The summed E-state index contributed by atoms with van der Waals surface area (Å²) in [5.74, 6) is -8.05. The van der Waals surface area contributed by atoms with Gasteiger partial charge in [0.15, 0.2) is 17.4 Å². The SMILES string of the molecule is CCCCCCC(C)Oc1c(F)c(F)c(CCC(=O)OC)c(F)c1F. The van der Waals surface area contributed by atoms with Crippen molar-refractivity contribution in [2.45, 2.75) is 64.9 Å². The van der Waals surface area contributed by atoms with Gasteiger partial charge in [0.05, 0.1) is 13.2 Å². The van der Waals surface area contributed by atoms with E-state index >= 15 is 0 Å². The molecule has 0 saturated carbocycles. The van der Waals surface area contributed by atoms with E-state index in [-0.39, 0.29) is 0 Å². The molecule has 0 aliphatic heterocycles. The molecule has 0 aliphatic carbocycles. The lowest BCUT2D eigenvalue weighted by atomic mass is 10.1. The highest BCUT2D eigenvalue weighted by molar-refractivity contribution is 5.69. The summed E-state index contributed by atoms with van der Waals surface area (Å²) in [6.45, 7) is 3.64. The van der Waals surface area contributed by atoms with Gasteiger partial charge in [-0.1, -0.05) is 26.2 Å². The van der Waals surface area contributed by atoms with E-state index in [9.17, 15) is 22.4 Å². The number of hydrogen-bond donors (Lipinski definition) is 0. The van der Waals surface area contributed by atoms with Crippen molar-refractivity contribution in [2.75, 3.05) is 7.11 Å². The number of methoxy groups -OCH3 is 1. The fourth-order valence-electron chi connectivity index (χ4n) is 2.43. The van der Waals surface area contributed by atoms with Gasteiger partial charge in [-0.15, -0.1) is 0 Å². The van der Waals surface area contributed by atoms with Gasteiger partial charge in [0.2, 0.25) is 11.6 Å². The predicted octanol–water partition coefficient (Wildman–Crippen LogP) is 5.09. The first-order valence-corrected chi connectivity index (χ1v) is 8.41. The van der Waals surface area contributed by atoms with E-state index in [1.54, 1.807) is 6.92 Å². The van der Waals surface area contributed by atoms with Crippen LogP contribution in [0.5, 0.6) is 5.75 Å². The number of hydrogen-bond acceptors (Lipinski definition) is 3. The van der Waals surface area contributed by atoms with Crippen molar-refractivity contribution in [2.24, 2.45) is 0 Å². The summed E-state index contributed by atoms with van der Waals surface area (Å²) in [4.78, 5) is 11.1. The largest absolute Gasteiger partial charge is 0.485 e. The van der Waals surface area contributed by atoms with Gasteiger partial charge in [-0.2, -0.15) is 8.78 Å². The highest BCUT2D eigenvalue weighted by Crippen LogP contribution is 2.32. The third kappa shape index (κ3) is 5.90. The van der Waals surface area contributed by atoms with Gasteiger partial charge < -0.3 is 9.47 Å². The average molecular weight is 364 g/mol. The zero-order valence-electron chi connectivity index (χ0n) is 14.8. The number of ether oxygens (including phenoxy) is 2. The average Bonchev–Trinajstić information content (AvgIpc) is 2.60. The Morgan fingerprint density at radius 1 is 1.00 bits per heavy atom. The topological polar surface area (TPSA) is 35.5 Å². The van der Waals surface area contributed by atoms with E-state index in [2.05, 4.69) is 11.7 Å². The van der Waals surface area contributed by atoms with Crippen molar-refractivity contribution in [1.29, 1.82) is 0 Å². The van der Waals surface area contributed by atoms with Gasteiger partial charge in [-0.25, -0.2) is 8.78 Å². The van der Waals surface area contributed by atoms with Crippen molar-refractivity contribution in [1.82, 2.24) is 0 Å². The number of unbranched alkanes of at least 4 members (excludes halogenated alkanes) is 3. The van der Waals surface area contributed by atoms with Crippen LogP contribution in [-0.4, -0.2) is 19.2 Å². The minimum Gasteiger partial charge on any atom is -0.485 e. The first-order valence-electron chi connectivity index (χ1n) is 8.41. The van der Waals surface area contributed by atoms with E-state index in [4.69, 9.17) is 4.74 Å². The zero-order valence-corrected chi connectivity index (χ0v) is 14.8. The van der Waals surface area contributed by atoms with E-state index < -0.39 is 59.5 Å². The molecule has 1 aromatic rings. The number of rotatable bonds is 10. The second-order valence-electron chi connectivity index (χ2n) is 5.92. The van der Waals surface area contributed by atoms with Crippen LogP contribution in [0, 0.1) is 23.3 Å². The Labute approximate surface area is 145 Å².